The number of anilines is 1. The number of hydrogen-bond acceptors (Lipinski definition) is 6. The molecule has 9 heteroatoms. The number of likely N-dealkylation sites (N-methyl/N-ethyl adjacent to an activating group) is 1. The molecule has 1 amide bonds. The minimum absolute atomic E-state index is 0.0855. The molecule has 0 radical (unpaired) electrons. The summed E-state index contributed by atoms with van der Waals surface area (Å²) in [7, 11) is 2.16. The molecule has 2 aliphatic rings. The number of aromatic amines is 1. The van der Waals surface area contributed by atoms with Gasteiger partial charge < -0.3 is 15.5 Å². The number of benzene rings is 2. The highest BCUT2D eigenvalue weighted by atomic mass is 79.9. The van der Waals surface area contributed by atoms with Gasteiger partial charge >= 0.3 is 0 Å². The van der Waals surface area contributed by atoms with Gasteiger partial charge in [0.25, 0.3) is 0 Å². The van der Waals surface area contributed by atoms with Gasteiger partial charge in [0.1, 0.15) is 0 Å². The fraction of sp³-hybridized carbons (Fsp3) is 0.300. The van der Waals surface area contributed by atoms with Crippen LogP contribution in [-0.4, -0.2) is 77.2 Å². The fourth-order valence-corrected chi connectivity index (χ4v) is 5.87. The number of fused-ring (bicyclic) bond motifs is 2. The van der Waals surface area contributed by atoms with Gasteiger partial charge in [-0.15, -0.1) is 0 Å². The first-order valence-electron chi connectivity index (χ1n) is 13.4. The normalized spacial score (nSPS) is 19.0. The summed E-state index contributed by atoms with van der Waals surface area (Å²) in [5.41, 5.74) is 5.34. The van der Waals surface area contributed by atoms with Gasteiger partial charge in [0.15, 0.2) is 5.65 Å². The average molecular weight is 587 g/mol. The lowest BCUT2D eigenvalue weighted by atomic mass is 9.90. The van der Waals surface area contributed by atoms with Gasteiger partial charge in [-0.05, 0) is 54.6 Å². The van der Waals surface area contributed by atoms with Crippen LogP contribution in [0.15, 0.2) is 76.9 Å². The summed E-state index contributed by atoms with van der Waals surface area (Å²) in [5.74, 6) is -0.210. The lowest BCUT2D eigenvalue weighted by Crippen LogP contribution is -2.48. The van der Waals surface area contributed by atoms with Crippen molar-refractivity contribution in [3.8, 4) is 0 Å². The van der Waals surface area contributed by atoms with E-state index in [1.165, 1.54) is 0 Å². The molecule has 2 atom stereocenters. The van der Waals surface area contributed by atoms with Gasteiger partial charge in [0.05, 0.1) is 11.7 Å². The zero-order valence-electron chi connectivity index (χ0n) is 21.9. The average Bonchev–Trinajstić information content (AvgIpc) is 3.56. The van der Waals surface area contributed by atoms with E-state index in [1.807, 2.05) is 42.5 Å². The first-order valence-corrected chi connectivity index (χ1v) is 14.1. The van der Waals surface area contributed by atoms with Crippen LogP contribution in [0.5, 0.6) is 0 Å². The molecule has 3 N–H and O–H groups in total. The molecular weight excluding hydrogens is 554 g/mol. The van der Waals surface area contributed by atoms with Gasteiger partial charge in [0.2, 0.25) is 5.91 Å². The van der Waals surface area contributed by atoms with Crippen LogP contribution in [0.3, 0.4) is 0 Å². The molecular formula is C30H32BrN7O. The maximum atomic E-state index is 14.3. The Morgan fingerprint density at radius 1 is 1.13 bits per heavy atom. The number of rotatable bonds is 7. The monoisotopic (exact) mass is 585 g/mol. The van der Waals surface area contributed by atoms with Crippen molar-refractivity contribution in [2.24, 2.45) is 0 Å². The largest absolute Gasteiger partial charge is 0.384 e. The number of carbonyl (C=O) groups excluding carboxylic acids is 1. The molecule has 2 aliphatic heterocycles. The summed E-state index contributed by atoms with van der Waals surface area (Å²) in [6.45, 7) is 5.43. The number of aromatic nitrogens is 3. The fourth-order valence-electron chi connectivity index (χ4n) is 5.49. The third kappa shape index (κ3) is 5.61. The first-order chi connectivity index (χ1) is 19.0. The van der Waals surface area contributed by atoms with E-state index in [0.29, 0.717) is 23.5 Å². The maximum absolute atomic E-state index is 14.3. The number of halogens is 1. The third-order valence-electron chi connectivity index (χ3n) is 7.73. The first kappa shape index (κ1) is 25.7. The predicted octanol–water partition coefficient (Wildman–Crippen LogP) is 4.42. The van der Waals surface area contributed by atoms with E-state index < -0.39 is 0 Å². The third-order valence-corrected chi connectivity index (χ3v) is 8.22. The zero-order chi connectivity index (χ0) is 26.8. The predicted molar refractivity (Wildman–Crippen MR) is 159 cm³/mol. The van der Waals surface area contributed by atoms with Gasteiger partial charge in [-0.2, -0.15) is 5.10 Å². The molecule has 8 nitrogen and oxygen atoms in total. The number of carbonyl (C=O) groups is 1. The quantitative estimate of drug-likeness (QED) is 0.278. The Balaban J connectivity index is 1.36. The topological polar surface area (TPSA) is 89.2 Å². The maximum Gasteiger partial charge on any atom is 0.248 e. The minimum atomic E-state index is -0.139. The van der Waals surface area contributed by atoms with Gasteiger partial charge in [0, 0.05) is 72.5 Å². The van der Waals surface area contributed by atoms with Crippen LogP contribution in [-0.2, 0) is 4.79 Å². The molecule has 0 spiro atoms. The van der Waals surface area contributed by atoms with Crippen molar-refractivity contribution < 1.29 is 4.79 Å². The molecule has 1 saturated heterocycles. The molecule has 4 heterocycles. The highest BCUT2D eigenvalue weighted by molar-refractivity contribution is 9.10. The Bertz CT molecular complexity index is 1490. The second-order valence-corrected chi connectivity index (χ2v) is 11.2. The number of nitrogens with one attached hydrogen (secondary N) is 3. The zero-order valence-corrected chi connectivity index (χ0v) is 23.5. The molecule has 39 heavy (non-hydrogen) atoms. The molecule has 6 rings (SSSR count). The van der Waals surface area contributed by atoms with Crippen molar-refractivity contribution in [1.82, 2.24) is 30.3 Å². The van der Waals surface area contributed by atoms with E-state index in [4.69, 9.17) is 0 Å². The standard InChI is InChI=1S/C30H32BrN7O/c1-37-12-14-38(15-13-37)19-28(20-6-3-2-4-7-20)34-30(39)24(17-27-22-8-5-11-32-29(22)36-35-27)25-18-33-26-10-9-21(31)16-23(25)26/h2-11,16-17,25,28,33H,12-15,18-19H2,1H3,(H,34,39)(H,32,35,36)/b24-17+/t25?,28-/m1/s1. The molecule has 1 fully saturated rings. The van der Waals surface area contributed by atoms with Crippen molar-refractivity contribution in [3.63, 3.8) is 0 Å². The summed E-state index contributed by atoms with van der Waals surface area (Å²) < 4.78 is 0.987. The molecule has 2 aromatic carbocycles. The lowest BCUT2D eigenvalue weighted by molar-refractivity contribution is -0.118. The second-order valence-electron chi connectivity index (χ2n) is 10.3. The molecule has 0 aliphatic carbocycles. The van der Waals surface area contributed by atoms with Crippen LogP contribution < -0.4 is 10.6 Å². The molecule has 0 saturated carbocycles. The summed E-state index contributed by atoms with van der Waals surface area (Å²) in [6, 6.07) is 20.2. The number of hydrogen-bond donors (Lipinski definition) is 3. The van der Waals surface area contributed by atoms with E-state index in [9.17, 15) is 4.79 Å². The lowest BCUT2D eigenvalue weighted by Gasteiger charge is -2.35. The van der Waals surface area contributed by atoms with Crippen LogP contribution in [0.4, 0.5) is 5.69 Å². The van der Waals surface area contributed by atoms with Crippen molar-refractivity contribution >= 4 is 44.6 Å². The van der Waals surface area contributed by atoms with Gasteiger partial charge in [-0.25, -0.2) is 4.98 Å². The summed E-state index contributed by atoms with van der Waals surface area (Å²) in [6.07, 6.45) is 3.66. The Kier molecular flexibility index (Phi) is 7.45. The van der Waals surface area contributed by atoms with Gasteiger partial charge in [-0.1, -0.05) is 46.3 Å². The smallest absolute Gasteiger partial charge is 0.248 e. The summed E-state index contributed by atoms with van der Waals surface area (Å²) >= 11 is 3.62. The van der Waals surface area contributed by atoms with Crippen LogP contribution in [0.2, 0.25) is 0 Å². The second kappa shape index (κ2) is 11.3. The number of pyridine rings is 1. The van der Waals surface area contributed by atoms with Crippen molar-refractivity contribution in [1.29, 1.82) is 0 Å². The number of nitrogens with zero attached hydrogens (tertiary/aromatic N) is 4. The van der Waals surface area contributed by atoms with Crippen LogP contribution >= 0.6 is 15.9 Å². The summed E-state index contributed by atoms with van der Waals surface area (Å²) in [5, 5.41) is 15.3. The van der Waals surface area contributed by atoms with E-state index >= 15 is 0 Å². The van der Waals surface area contributed by atoms with Crippen LogP contribution in [0.1, 0.15) is 28.8 Å². The van der Waals surface area contributed by atoms with Gasteiger partial charge in [-0.3, -0.25) is 14.8 Å². The van der Waals surface area contributed by atoms with E-state index in [1.54, 1.807) is 6.20 Å². The molecule has 200 valence electrons. The molecule has 4 aromatic rings. The minimum Gasteiger partial charge on any atom is -0.384 e. The van der Waals surface area contributed by atoms with Crippen molar-refractivity contribution in [3.05, 3.63) is 93.7 Å². The van der Waals surface area contributed by atoms with E-state index in [0.717, 1.165) is 59.4 Å². The molecule has 0 bridgehead atoms. The van der Waals surface area contributed by atoms with E-state index in [-0.39, 0.29) is 17.9 Å². The van der Waals surface area contributed by atoms with Crippen LogP contribution in [0, 0.1) is 0 Å². The highest BCUT2D eigenvalue weighted by Crippen LogP contribution is 2.39. The number of H-pyrrole nitrogens is 1. The number of piperazine rings is 1. The highest BCUT2D eigenvalue weighted by Gasteiger charge is 2.32. The summed E-state index contributed by atoms with van der Waals surface area (Å²) in [4.78, 5) is 23.4. The van der Waals surface area contributed by atoms with Crippen molar-refractivity contribution in [2.75, 3.05) is 51.6 Å². The Hall–Kier alpha value is -3.53. The molecule has 1 unspecified atom stereocenters. The Labute approximate surface area is 236 Å². The van der Waals surface area contributed by atoms with Crippen LogP contribution in [0.25, 0.3) is 17.1 Å². The molecule has 2 aromatic heterocycles. The Morgan fingerprint density at radius 3 is 2.77 bits per heavy atom. The van der Waals surface area contributed by atoms with Crippen molar-refractivity contribution in [2.45, 2.75) is 12.0 Å². The Morgan fingerprint density at radius 2 is 1.95 bits per heavy atom. The SMILES string of the molecule is CN1CCN(C[C@@H](NC(=O)/C(=C/c2n[nH]c3ncccc23)C2CNc3ccc(Br)cc32)c2ccccc2)CC1. The van der Waals surface area contributed by atoms with E-state index in [2.05, 4.69) is 82.9 Å². The number of amides is 1.